The van der Waals surface area contributed by atoms with E-state index in [-0.39, 0.29) is 17.8 Å². The van der Waals surface area contributed by atoms with Crippen LogP contribution in [0.3, 0.4) is 0 Å². The highest BCUT2D eigenvalue weighted by molar-refractivity contribution is 5.79. The normalized spacial score (nSPS) is 20.8. The molecule has 102 valence electrons. The molecule has 18 heavy (non-hydrogen) atoms. The van der Waals surface area contributed by atoms with Crippen LogP contribution >= 0.6 is 0 Å². The lowest BCUT2D eigenvalue weighted by Gasteiger charge is -2.30. The molecular formula is C13H22N2O3. The second kappa shape index (κ2) is 6.18. The van der Waals surface area contributed by atoms with Gasteiger partial charge in [0, 0.05) is 13.1 Å². The summed E-state index contributed by atoms with van der Waals surface area (Å²) in [4.78, 5) is 25.1. The molecule has 1 aliphatic heterocycles. The van der Waals surface area contributed by atoms with Gasteiger partial charge in [-0.15, -0.1) is 0 Å². The topological polar surface area (TPSA) is 58.6 Å². The minimum absolute atomic E-state index is 0.0292. The van der Waals surface area contributed by atoms with E-state index in [4.69, 9.17) is 4.74 Å². The number of nitrogens with one attached hydrogen (secondary N) is 1. The van der Waals surface area contributed by atoms with Gasteiger partial charge in [-0.25, -0.2) is 0 Å². The summed E-state index contributed by atoms with van der Waals surface area (Å²) in [7, 11) is 1.42. The van der Waals surface area contributed by atoms with E-state index in [1.165, 1.54) is 20.0 Å². The molecule has 1 aliphatic carbocycles. The fraction of sp³-hybridized carbons (Fsp3) is 0.846. The van der Waals surface area contributed by atoms with Gasteiger partial charge in [-0.1, -0.05) is 0 Å². The van der Waals surface area contributed by atoms with Gasteiger partial charge in [0.25, 0.3) is 0 Å². The summed E-state index contributed by atoms with van der Waals surface area (Å²) in [5.74, 6) is 0.772. The molecule has 2 rings (SSSR count). The van der Waals surface area contributed by atoms with Crippen LogP contribution in [0, 0.1) is 11.8 Å². The van der Waals surface area contributed by atoms with Crippen LogP contribution in [-0.2, 0) is 14.3 Å². The molecule has 0 aromatic carbocycles. The number of piperidine rings is 1. The highest BCUT2D eigenvalue weighted by Gasteiger charge is 2.28. The van der Waals surface area contributed by atoms with Gasteiger partial charge in [-0.2, -0.15) is 0 Å². The predicted octanol–water partition coefficient (Wildman–Crippen LogP) is 0.398. The van der Waals surface area contributed by atoms with Crippen LogP contribution in [0.5, 0.6) is 0 Å². The lowest BCUT2D eigenvalue weighted by atomic mass is 9.97. The SMILES string of the molecule is COC(=O)C1CCN(C(=O)CNCC2CC2)CC1. The molecule has 1 N–H and O–H groups in total. The third-order valence-electron chi connectivity index (χ3n) is 3.79. The van der Waals surface area contributed by atoms with Gasteiger partial charge in [-0.05, 0) is 38.1 Å². The molecule has 0 aromatic heterocycles. The van der Waals surface area contributed by atoms with Crippen molar-refractivity contribution >= 4 is 11.9 Å². The first-order chi connectivity index (χ1) is 8.70. The quantitative estimate of drug-likeness (QED) is 0.721. The van der Waals surface area contributed by atoms with E-state index in [2.05, 4.69) is 5.32 Å². The summed E-state index contributed by atoms with van der Waals surface area (Å²) in [5.41, 5.74) is 0. The van der Waals surface area contributed by atoms with Crippen LogP contribution < -0.4 is 5.32 Å². The van der Waals surface area contributed by atoms with Gasteiger partial charge in [0.1, 0.15) is 0 Å². The number of amides is 1. The summed E-state index contributed by atoms with van der Waals surface area (Å²) in [6.45, 7) is 2.73. The van der Waals surface area contributed by atoms with E-state index in [9.17, 15) is 9.59 Å². The number of esters is 1. The van der Waals surface area contributed by atoms with Gasteiger partial charge in [0.2, 0.25) is 5.91 Å². The van der Waals surface area contributed by atoms with Crippen molar-refractivity contribution in [2.75, 3.05) is 33.3 Å². The molecule has 0 aromatic rings. The molecular weight excluding hydrogens is 232 g/mol. The van der Waals surface area contributed by atoms with Crippen molar-refractivity contribution in [1.29, 1.82) is 0 Å². The lowest BCUT2D eigenvalue weighted by Crippen LogP contribution is -2.44. The first kappa shape index (κ1) is 13.3. The monoisotopic (exact) mass is 254 g/mol. The zero-order valence-electron chi connectivity index (χ0n) is 11.0. The maximum absolute atomic E-state index is 11.9. The molecule has 1 heterocycles. The van der Waals surface area contributed by atoms with Crippen molar-refractivity contribution in [1.82, 2.24) is 10.2 Å². The van der Waals surface area contributed by atoms with E-state index in [1.807, 2.05) is 4.90 Å². The molecule has 0 atom stereocenters. The van der Waals surface area contributed by atoms with E-state index < -0.39 is 0 Å². The maximum atomic E-state index is 11.9. The number of hydrogen-bond donors (Lipinski definition) is 1. The fourth-order valence-electron chi connectivity index (χ4n) is 2.35. The maximum Gasteiger partial charge on any atom is 0.308 e. The highest BCUT2D eigenvalue weighted by Crippen LogP contribution is 2.27. The zero-order valence-corrected chi connectivity index (χ0v) is 11.0. The van der Waals surface area contributed by atoms with Crippen molar-refractivity contribution < 1.29 is 14.3 Å². The summed E-state index contributed by atoms with van der Waals surface area (Å²) in [6.07, 6.45) is 4.04. The van der Waals surface area contributed by atoms with E-state index in [0.29, 0.717) is 19.6 Å². The Balaban J connectivity index is 1.64. The average Bonchev–Trinajstić information content (AvgIpc) is 3.22. The Morgan fingerprint density at radius 2 is 1.89 bits per heavy atom. The number of hydrogen-bond acceptors (Lipinski definition) is 4. The summed E-state index contributed by atoms with van der Waals surface area (Å²) in [6, 6.07) is 0. The standard InChI is InChI=1S/C13H22N2O3/c1-18-13(17)11-4-6-15(7-5-11)12(16)9-14-8-10-2-3-10/h10-11,14H,2-9H2,1H3. The van der Waals surface area contributed by atoms with Crippen LogP contribution in [-0.4, -0.2) is 50.1 Å². The van der Waals surface area contributed by atoms with Gasteiger partial charge in [-0.3, -0.25) is 9.59 Å². The van der Waals surface area contributed by atoms with Crippen LogP contribution in [0.4, 0.5) is 0 Å². The highest BCUT2D eigenvalue weighted by atomic mass is 16.5. The van der Waals surface area contributed by atoms with Crippen molar-refractivity contribution in [3.05, 3.63) is 0 Å². The number of nitrogens with zero attached hydrogens (tertiary/aromatic N) is 1. The Kier molecular flexibility index (Phi) is 4.58. The first-order valence-corrected chi connectivity index (χ1v) is 6.77. The Morgan fingerprint density at radius 3 is 2.44 bits per heavy atom. The molecule has 2 fully saturated rings. The van der Waals surface area contributed by atoms with Crippen LogP contribution in [0.1, 0.15) is 25.7 Å². The van der Waals surface area contributed by atoms with Crippen molar-refractivity contribution in [2.24, 2.45) is 11.8 Å². The van der Waals surface area contributed by atoms with Crippen molar-refractivity contribution in [3.8, 4) is 0 Å². The third kappa shape index (κ3) is 3.70. The molecule has 0 spiro atoms. The first-order valence-electron chi connectivity index (χ1n) is 6.77. The molecule has 0 unspecified atom stereocenters. The molecule has 5 nitrogen and oxygen atoms in total. The second-order valence-corrected chi connectivity index (χ2v) is 5.25. The Bertz CT molecular complexity index is 307. The summed E-state index contributed by atoms with van der Waals surface area (Å²) in [5, 5.41) is 3.21. The molecule has 0 bridgehead atoms. The largest absolute Gasteiger partial charge is 0.469 e. The molecule has 1 saturated carbocycles. The van der Waals surface area contributed by atoms with E-state index >= 15 is 0 Å². The smallest absolute Gasteiger partial charge is 0.308 e. The molecule has 0 radical (unpaired) electrons. The van der Waals surface area contributed by atoms with Crippen molar-refractivity contribution in [2.45, 2.75) is 25.7 Å². The molecule has 2 aliphatic rings. The lowest BCUT2D eigenvalue weighted by molar-refractivity contribution is -0.148. The third-order valence-corrected chi connectivity index (χ3v) is 3.79. The minimum atomic E-state index is -0.144. The number of ether oxygens (including phenoxy) is 1. The number of carbonyl (C=O) groups is 2. The van der Waals surface area contributed by atoms with Gasteiger partial charge in [0.15, 0.2) is 0 Å². The number of methoxy groups -OCH3 is 1. The van der Waals surface area contributed by atoms with Gasteiger partial charge >= 0.3 is 5.97 Å². The Labute approximate surface area is 108 Å². The molecule has 1 amide bonds. The van der Waals surface area contributed by atoms with Crippen LogP contribution in [0.25, 0.3) is 0 Å². The Hall–Kier alpha value is -1.10. The van der Waals surface area contributed by atoms with Crippen LogP contribution in [0.15, 0.2) is 0 Å². The zero-order chi connectivity index (χ0) is 13.0. The van der Waals surface area contributed by atoms with Crippen molar-refractivity contribution in [3.63, 3.8) is 0 Å². The molecule has 5 heteroatoms. The van der Waals surface area contributed by atoms with Gasteiger partial charge in [0.05, 0.1) is 19.6 Å². The van der Waals surface area contributed by atoms with E-state index in [1.54, 1.807) is 0 Å². The predicted molar refractivity (Wildman–Crippen MR) is 66.9 cm³/mol. The number of likely N-dealkylation sites (tertiary alicyclic amines) is 1. The fourth-order valence-corrected chi connectivity index (χ4v) is 2.35. The minimum Gasteiger partial charge on any atom is -0.469 e. The molecule has 1 saturated heterocycles. The average molecular weight is 254 g/mol. The van der Waals surface area contributed by atoms with E-state index in [0.717, 1.165) is 25.3 Å². The van der Waals surface area contributed by atoms with Gasteiger partial charge < -0.3 is 15.0 Å². The second-order valence-electron chi connectivity index (χ2n) is 5.25. The Morgan fingerprint density at radius 1 is 1.22 bits per heavy atom. The summed E-state index contributed by atoms with van der Waals surface area (Å²) < 4.78 is 4.73. The number of rotatable bonds is 5. The number of carbonyl (C=O) groups excluding carboxylic acids is 2. The summed E-state index contributed by atoms with van der Waals surface area (Å²) >= 11 is 0. The van der Waals surface area contributed by atoms with Crippen LogP contribution in [0.2, 0.25) is 0 Å².